The van der Waals surface area contributed by atoms with Crippen LogP contribution in [0.25, 0.3) is 0 Å². The Morgan fingerprint density at radius 2 is 1.90 bits per heavy atom. The number of rotatable bonds is 5. The summed E-state index contributed by atoms with van der Waals surface area (Å²) in [6, 6.07) is 11.0. The van der Waals surface area contributed by atoms with E-state index in [4.69, 9.17) is 14.7 Å². The Morgan fingerprint density at radius 3 is 2.57 bits per heavy atom. The molecule has 2 aromatic carbocycles. The summed E-state index contributed by atoms with van der Waals surface area (Å²) in [4.78, 5) is 0. The maximum Gasteiger partial charge on any atom is 0.125 e. The first-order valence-electron chi connectivity index (χ1n) is 6.27. The van der Waals surface area contributed by atoms with E-state index < -0.39 is 5.82 Å². The maximum atomic E-state index is 13.1. The van der Waals surface area contributed by atoms with Crippen LogP contribution in [0.15, 0.2) is 36.4 Å². The molecule has 21 heavy (non-hydrogen) atoms. The Hall–Kier alpha value is -2.58. The van der Waals surface area contributed by atoms with Crippen molar-refractivity contribution in [1.29, 1.82) is 5.26 Å². The third-order valence-corrected chi connectivity index (χ3v) is 2.99. The monoisotopic (exact) mass is 287 g/mol. The molecule has 0 fully saturated rings. The molecular weight excluding hydrogens is 273 g/mol. The third-order valence-electron chi connectivity index (χ3n) is 2.99. The van der Waals surface area contributed by atoms with Crippen molar-refractivity contribution in [1.82, 2.24) is 0 Å². The summed E-state index contributed by atoms with van der Waals surface area (Å²) in [6.07, 6.45) is 0. The highest BCUT2D eigenvalue weighted by molar-refractivity contribution is 5.42. The Labute approximate surface area is 122 Å². The third kappa shape index (κ3) is 3.50. The highest BCUT2D eigenvalue weighted by atomic mass is 19.1. The fourth-order valence-electron chi connectivity index (χ4n) is 1.93. The molecule has 0 unspecified atom stereocenters. The molecule has 0 radical (unpaired) electrons. The van der Waals surface area contributed by atoms with Crippen LogP contribution in [-0.4, -0.2) is 12.2 Å². The predicted octanol–water partition coefficient (Wildman–Crippen LogP) is 2.78. The van der Waals surface area contributed by atoms with E-state index in [0.29, 0.717) is 28.2 Å². The van der Waals surface area contributed by atoms with Crippen LogP contribution in [-0.2, 0) is 13.2 Å². The van der Waals surface area contributed by atoms with Crippen molar-refractivity contribution in [3.8, 4) is 17.6 Å². The number of ether oxygens (including phenoxy) is 2. The average molecular weight is 287 g/mol. The van der Waals surface area contributed by atoms with Crippen LogP contribution in [0, 0.1) is 17.1 Å². The number of nitrogens with zero attached hydrogens (tertiary/aromatic N) is 1. The summed E-state index contributed by atoms with van der Waals surface area (Å²) in [5.41, 5.74) is 1.56. The quantitative estimate of drug-likeness (QED) is 0.918. The first-order chi connectivity index (χ1) is 10.2. The Morgan fingerprint density at radius 1 is 1.14 bits per heavy atom. The summed E-state index contributed by atoms with van der Waals surface area (Å²) in [5.74, 6) is 0.556. The molecule has 0 saturated carbocycles. The number of nitriles is 1. The van der Waals surface area contributed by atoms with Gasteiger partial charge in [0.2, 0.25) is 0 Å². The summed E-state index contributed by atoms with van der Waals surface area (Å²) in [6.45, 7) is -0.167. The molecule has 0 saturated heterocycles. The fraction of sp³-hybridized carbons (Fsp3) is 0.188. The number of hydrogen-bond acceptors (Lipinski definition) is 4. The molecule has 0 bridgehead atoms. The van der Waals surface area contributed by atoms with E-state index in [0.717, 1.165) is 0 Å². The average Bonchev–Trinajstić information content (AvgIpc) is 2.53. The van der Waals surface area contributed by atoms with E-state index in [9.17, 15) is 9.50 Å². The van der Waals surface area contributed by atoms with Crippen molar-refractivity contribution in [2.75, 3.05) is 7.11 Å². The van der Waals surface area contributed by atoms with E-state index in [2.05, 4.69) is 0 Å². The number of halogens is 1. The molecule has 2 aromatic rings. The second-order valence-electron chi connectivity index (χ2n) is 4.34. The zero-order valence-corrected chi connectivity index (χ0v) is 11.5. The highest BCUT2D eigenvalue weighted by Crippen LogP contribution is 2.24. The number of methoxy groups -OCH3 is 1. The van der Waals surface area contributed by atoms with Crippen molar-refractivity contribution >= 4 is 0 Å². The molecule has 0 atom stereocenters. The van der Waals surface area contributed by atoms with Gasteiger partial charge in [-0.15, -0.1) is 0 Å². The van der Waals surface area contributed by atoms with E-state index in [1.54, 1.807) is 18.2 Å². The first-order valence-corrected chi connectivity index (χ1v) is 6.27. The standard InChI is InChI=1S/C16H14FNO3/c1-20-15-4-2-11(8-18)6-13(15)10-21-16-5-3-14(17)7-12(16)9-19/h2-7,19H,9-10H2,1H3. The van der Waals surface area contributed by atoms with Crippen LogP contribution in [0.5, 0.6) is 11.5 Å². The van der Waals surface area contributed by atoms with Gasteiger partial charge in [0.15, 0.2) is 0 Å². The predicted molar refractivity (Wildman–Crippen MR) is 74.4 cm³/mol. The minimum absolute atomic E-state index is 0.150. The lowest BCUT2D eigenvalue weighted by Crippen LogP contribution is -2.02. The van der Waals surface area contributed by atoms with Gasteiger partial charge in [0.1, 0.15) is 23.9 Å². The first kappa shape index (κ1) is 14.8. The van der Waals surface area contributed by atoms with Gasteiger partial charge in [-0.3, -0.25) is 0 Å². The molecule has 0 aliphatic heterocycles. The lowest BCUT2D eigenvalue weighted by Gasteiger charge is -2.13. The molecule has 0 aliphatic rings. The van der Waals surface area contributed by atoms with Crippen LogP contribution in [0.2, 0.25) is 0 Å². The lowest BCUT2D eigenvalue weighted by molar-refractivity contribution is 0.256. The van der Waals surface area contributed by atoms with Gasteiger partial charge in [-0.25, -0.2) is 4.39 Å². The molecule has 0 spiro atoms. The number of benzene rings is 2. The van der Waals surface area contributed by atoms with E-state index in [1.807, 2.05) is 6.07 Å². The summed E-state index contributed by atoms with van der Waals surface area (Å²) >= 11 is 0. The molecule has 0 aliphatic carbocycles. The minimum atomic E-state index is -0.435. The molecule has 108 valence electrons. The SMILES string of the molecule is COc1ccc(C#N)cc1COc1ccc(F)cc1CO. The zero-order valence-electron chi connectivity index (χ0n) is 11.5. The Bertz CT molecular complexity index is 680. The van der Waals surface area contributed by atoms with Gasteiger partial charge in [0.05, 0.1) is 25.3 Å². The molecule has 0 heterocycles. The summed E-state index contributed by atoms with van der Waals surface area (Å²) in [7, 11) is 1.53. The zero-order chi connectivity index (χ0) is 15.2. The van der Waals surface area contributed by atoms with Gasteiger partial charge in [0, 0.05) is 11.1 Å². The number of aliphatic hydroxyl groups is 1. The van der Waals surface area contributed by atoms with Crippen LogP contribution >= 0.6 is 0 Å². The van der Waals surface area contributed by atoms with Crippen molar-refractivity contribution in [3.63, 3.8) is 0 Å². The molecule has 0 amide bonds. The number of aliphatic hydroxyl groups excluding tert-OH is 1. The van der Waals surface area contributed by atoms with Crippen LogP contribution < -0.4 is 9.47 Å². The van der Waals surface area contributed by atoms with Gasteiger partial charge < -0.3 is 14.6 Å². The van der Waals surface area contributed by atoms with E-state index in [-0.39, 0.29) is 13.2 Å². The van der Waals surface area contributed by atoms with Gasteiger partial charge in [-0.2, -0.15) is 5.26 Å². The minimum Gasteiger partial charge on any atom is -0.496 e. The normalized spacial score (nSPS) is 10.0. The fourth-order valence-corrected chi connectivity index (χ4v) is 1.93. The largest absolute Gasteiger partial charge is 0.496 e. The van der Waals surface area contributed by atoms with Gasteiger partial charge >= 0.3 is 0 Å². The van der Waals surface area contributed by atoms with Crippen LogP contribution in [0.1, 0.15) is 16.7 Å². The van der Waals surface area contributed by atoms with Gasteiger partial charge in [-0.05, 0) is 36.4 Å². The second kappa shape index (κ2) is 6.73. The molecule has 2 rings (SSSR count). The molecule has 0 aromatic heterocycles. The van der Waals surface area contributed by atoms with Crippen LogP contribution in [0.3, 0.4) is 0 Å². The molecular formula is C16H14FNO3. The smallest absolute Gasteiger partial charge is 0.125 e. The van der Waals surface area contributed by atoms with Crippen molar-refractivity contribution < 1.29 is 19.0 Å². The van der Waals surface area contributed by atoms with Gasteiger partial charge in [0.25, 0.3) is 0 Å². The van der Waals surface area contributed by atoms with Crippen molar-refractivity contribution in [2.24, 2.45) is 0 Å². The van der Waals surface area contributed by atoms with E-state index in [1.165, 1.54) is 25.3 Å². The topological polar surface area (TPSA) is 62.5 Å². The summed E-state index contributed by atoms with van der Waals surface area (Å²) < 4.78 is 23.9. The lowest BCUT2D eigenvalue weighted by atomic mass is 10.1. The van der Waals surface area contributed by atoms with Crippen molar-refractivity contribution in [2.45, 2.75) is 13.2 Å². The molecule has 5 heteroatoms. The summed E-state index contributed by atoms with van der Waals surface area (Å²) in [5, 5.41) is 18.1. The highest BCUT2D eigenvalue weighted by Gasteiger charge is 2.08. The van der Waals surface area contributed by atoms with E-state index >= 15 is 0 Å². The number of hydrogen-bond donors (Lipinski definition) is 1. The Kier molecular flexibility index (Phi) is 4.75. The Balaban J connectivity index is 2.22. The van der Waals surface area contributed by atoms with Gasteiger partial charge in [-0.1, -0.05) is 0 Å². The van der Waals surface area contributed by atoms with Crippen LogP contribution in [0.4, 0.5) is 4.39 Å². The molecule has 4 nitrogen and oxygen atoms in total. The maximum absolute atomic E-state index is 13.1. The molecule has 1 N–H and O–H groups in total. The second-order valence-corrected chi connectivity index (χ2v) is 4.34. The van der Waals surface area contributed by atoms with Crippen molar-refractivity contribution in [3.05, 3.63) is 58.9 Å².